The number of rotatable bonds is 10. The number of halogens is 4. The molecule has 2 amide bonds. The molecule has 0 aliphatic carbocycles. The van der Waals surface area contributed by atoms with Gasteiger partial charge in [-0.2, -0.15) is 13.2 Å². The number of hydrogen-bond acceptors (Lipinski definition) is 5. The van der Waals surface area contributed by atoms with Crippen molar-refractivity contribution in [1.82, 2.24) is 10.2 Å². The molecule has 1 aromatic carbocycles. The van der Waals surface area contributed by atoms with Crippen molar-refractivity contribution in [3.8, 4) is 5.75 Å². The Morgan fingerprint density at radius 2 is 1.90 bits per heavy atom. The Morgan fingerprint density at radius 1 is 1.27 bits per heavy atom. The highest BCUT2D eigenvalue weighted by Crippen LogP contribution is 2.27. The summed E-state index contributed by atoms with van der Waals surface area (Å²) in [6, 6.07) is 4.95. The van der Waals surface area contributed by atoms with Crippen molar-refractivity contribution in [3.63, 3.8) is 0 Å². The number of benzene rings is 1. The minimum atomic E-state index is -5.08. The first-order valence-electron chi connectivity index (χ1n) is 9.17. The Kier molecular flexibility index (Phi) is 13.6. The summed E-state index contributed by atoms with van der Waals surface area (Å²) < 4.78 is 37.1. The van der Waals surface area contributed by atoms with Gasteiger partial charge in [-0.15, -0.1) is 0 Å². The van der Waals surface area contributed by atoms with Crippen molar-refractivity contribution in [2.24, 2.45) is 5.73 Å². The normalized spacial score (nSPS) is 10.8. The number of ether oxygens (including phenoxy) is 1. The lowest BCUT2D eigenvalue weighted by atomic mass is 10.3. The van der Waals surface area contributed by atoms with E-state index in [2.05, 4.69) is 15.5 Å². The van der Waals surface area contributed by atoms with Gasteiger partial charge in [0.25, 0.3) is 0 Å². The van der Waals surface area contributed by atoms with Crippen LogP contribution in [0.5, 0.6) is 5.75 Å². The first kappa shape index (κ1) is 27.8. The van der Waals surface area contributed by atoms with Gasteiger partial charge in [0, 0.05) is 25.3 Å². The van der Waals surface area contributed by atoms with Crippen molar-refractivity contribution >= 4 is 29.3 Å². The van der Waals surface area contributed by atoms with Gasteiger partial charge in [0.2, 0.25) is 0 Å². The smallest absolute Gasteiger partial charge is 0.490 e. The minimum Gasteiger partial charge on any atom is -0.492 e. The summed E-state index contributed by atoms with van der Waals surface area (Å²) in [6.45, 7) is 5.62. The zero-order valence-electron chi connectivity index (χ0n) is 16.9. The number of carboxylic acids is 1. The topological polar surface area (TPSA) is 117 Å². The number of nitrogens with two attached hydrogens (primary N) is 1. The van der Waals surface area contributed by atoms with Crippen LogP contribution in [-0.2, 0) is 4.79 Å². The zero-order chi connectivity index (χ0) is 23.2. The molecule has 172 valence electrons. The van der Waals surface area contributed by atoms with E-state index in [1.54, 1.807) is 18.2 Å². The lowest BCUT2D eigenvalue weighted by molar-refractivity contribution is -0.192. The Morgan fingerprint density at radius 3 is 2.40 bits per heavy atom. The van der Waals surface area contributed by atoms with Crippen LogP contribution in [0.3, 0.4) is 0 Å². The van der Waals surface area contributed by atoms with E-state index in [1.807, 2.05) is 14.0 Å². The SMILES string of the molecule is CCOc1ccc(NC(=O)NCCCCN(C)CCN)cc1Cl.O=C(O)C(F)(F)F. The summed E-state index contributed by atoms with van der Waals surface area (Å²) in [4.78, 5) is 22.9. The minimum absolute atomic E-state index is 0.236. The largest absolute Gasteiger partial charge is 0.492 e. The number of carbonyl (C=O) groups excluding carboxylic acids is 1. The van der Waals surface area contributed by atoms with Crippen molar-refractivity contribution in [1.29, 1.82) is 0 Å². The highest BCUT2D eigenvalue weighted by atomic mass is 35.5. The predicted molar refractivity (Wildman–Crippen MR) is 109 cm³/mol. The number of amides is 2. The first-order chi connectivity index (χ1) is 14.0. The van der Waals surface area contributed by atoms with Gasteiger partial charge in [-0.1, -0.05) is 11.6 Å². The molecule has 0 unspecified atom stereocenters. The first-order valence-corrected chi connectivity index (χ1v) is 9.55. The maximum Gasteiger partial charge on any atom is 0.490 e. The molecule has 0 aliphatic rings. The average Bonchev–Trinajstić information content (AvgIpc) is 2.64. The fourth-order valence-corrected chi connectivity index (χ4v) is 2.30. The Labute approximate surface area is 178 Å². The van der Waals surface area contributed by atoms with E-state index >= 15 is 0 Å². The molecule has 5 N–H and O–H groups in total. The molecule has 0 aromatic heterocycles. The monoisotopic (exact) mass is 456 g/mol. The molecule has 0 radical (unpaired) electrons. The lowest BCUT2D eigenvalue weighted by Gasteiger charge is -2.15. The number of aliphatic carboxylic acids is 1. The zero-order valence-corrected chi connectivity index (χ0v) is 17.6. The molecule has 0 saturated heterocycles. The van der Waals surface area contributed by atoms with E-state index in [9.17, 15) is 18.0 Å². The van der Waals surface area contributed by atoms with Gasteiger partial charge < -0.3 is 31.1 Å². The molecule has 0 fully saturated rings. The highest BCUT2D eigenvalue weighted by molar-refractivity contribution is 6.32. The number of carbonyl (C=O) groups is 2. The summed E-state index contributed by atoms with van der Waals surface area (Å²) in [7, 11) is 2.04. The van der Waals surface area contributed by atoms with Crippen LogP contribution in [0, 0.1) is 0 Å². The van der Waals surface area contributed by atoms with E-state index in [4.69, 9.17) is 32.0 Å². The number of anilines is 1. The molecule has 0 spiro atoms. The van der Waals surface area contributed by atoms with E-state index in [0.717, 1.165) is 25.9 Å². The van der Waals surface area contributed by atoms with E-state index in [0.29, 0.717) is 36.2 Å². The molecule has 0 aliphatic heterocycles. The molecule has 12 heteroatoms. The third kappa shape index (κ3) is 13.1. The van der Waals surface area contributed by atoms with Crippen molar-refractivity contribution in [2.45, 2.75) is 25.9 Å². The van der Waals surface area contributed by atoms with E-state index in [-0.39, 0.29) is 6.03 Å². The third-order valence-corrected chi connectivity index (χ3v) is 3.79. The second-order valence-electron chi connectivity index (χ2n) is 6.06. The molecule has 1 rings (SSSR count). The molecule has 0 saturated carbocycles. The lowest BCUT2D eigenvalue weighted by Crippen LogP contribution is -2.30. The number of nitrogens with zero attached hydrogens (tertiary/aromatic N) is 1. The van der Waals surface area contributed by atoms with E-state index in [1.165, 1.54) is 0 Å². The fourth-order valence-electron chi connectivity index (χ4n) is 2.07. The summed E-state index contributed by atoms with van der Waals surface area (Å²) in [6.07, 6.45) is -3.14. The molecule has 8 nitrogen and oxygen atoms in total. The second kappa shape index (κ2) is 14.7. The fraction of sp³-hybridized carbons (Fsp3) is 0.556. The summed E-state index contributed by atoms with van der Waals surface area (Å²) in [5, 5.41) is 13.2. The summed E-state index contributed by atoms with van der Waals surface area (Å²) in [5.41, 5.74) is 6.12. The maximum absolute atomic E-state index is 11.8. The van der Waals surface area contributed by atoms with Gasteiger partial charge in [-0.25, -0.2) is 9.59 Å². The van der Waals surface area contributed by atoms with Gasteiger partial charge in [0.05, 0.1) is 11.6 Å². The van der Waals surface area contributed by atoms with Crippen molar-refractivity contribution < 1.29 is 32.6 Å². The van der Waals surface area contributed by atoms with Gasteiger partial charge in [-0.3, -0.25) is 0 Å². The van der Waals surface area contributed by atoms with Crippen LogP contribution in [0.2, 0.25) is 5.02 Å². The Balaban J connectivity index is 0.00000103. The molecule has 0 atom stereocenters. The number of hydrogen-bond donors (Lipinski definition) is 4. The number of alkyl halides is 3. The van der Waals surface area contributed by atoms with Crippen LogP contribution in [0.25, 0.3) is 0 Å². The number of likely N-dealkylation sites (N-methyl/N-ethyl adjacent to an activating group) is 1. The molecular formula is C18H28ClF3N4O4. The van der Waals surface area contributed by atoms with Gasteiger partial charge in [-0.05, 0) is 51.6 Å². The van der Waals surface area contributed by atoms with Crippen LogP contribution >= 0.6 is 11.6 Å². The molecule has 0 heterocycles. The van der Waals surface area contributed by atoms with Crippen LogP contribution in [0.15, 0.2) is 18.2 Å². The molecule has 1 aromatic rings. The quantitative estimate of drug-likeness (QED) is 0.402. The second-order valence-corrected chi connectivity index (χ2v) is 6.47. The van der Waals surface area contributed by atoms with Crippen molar-refractivity contribution in [2.75, 3.05) is 45.2 Å². The van der Waals surface area contributed by atoms with Gasteiger partial charge >= 0.3 is 18.2 Å². The van der Waals surface area contributed by atoms with Crippen LogP contribution in [-0.4, -0.2) is 68.0 Å². The number of nitrogens with one attached hydrogen (secondary N) is 2. The van der Waals surface area contributed by atoms with Gasteiger partial charge in [0.1, 0.15) is 5.75 Å². The predicted octanol–water partition coefficient (Wildman–Crippen LogP) is 3.16. The third-order valence-electron chi connectivity index (χ3n) is 3.50. The Hall–Kier alpha value is -2.24. The number of carboxylic acid groups (broad SMARTS) is 1. The number of urea groups is 1. The molecular weight excluding hydrogens is 429 g/mol. The number of unbranched alkanes of at least 4 members (excludes halogenated alkanes) is 1. The maximum atomic E-state index is 11.8. The van der Waals surface area contributed by atoms with Crippen molar-refractivity contribution in [3.05, 3.63) is 23.2 Å². The molecule has 30 heavy (non-hydrogen) atoms. The standard InChI is InChI=1S/C16H27ClN4O2.C2HF3O2/c1-3-23-15-7-6-13(12-14(15)17)20-16(22)19-9-4-5-10-21(2)11-8-18;3-2(4,5)1(6)7/h6-7,12H,3-5,8-11,18H2,1-2H3,(H2,19,20,22);(H,6,7). The average molecular weight is 457 g/mol. The highest BCUT2D eigenvalue weighted by Gasteiger charge is 2.38. The molecule has 0 bridgehead atoms. The van der Waals surface area contributed by atoms with E-state index < -0.39 is 12.1 Å². The Bertz CT molecular complexity index is 663. The van der Waals surface area contributed by atoms with Crippen LogP contribution in [0.4, 0.5) is 23.7 Å². The van der Waals surface area contributed by atoms with Crippen LogP contribution < -0.4 is 21.1 Å². The summed E-state index contributed by atoms with van der Waals surface area (Å²) >= 11 is 6.08. The van der Waals surface area contributed by atoms with Crippen LogP contribution in [0.1, 0.15) is 19.8 Å². The van der Waals surface area contributed by atoms with Gasteiger partial charge in [0.15, 0.2) is 0 Å². The summed E-state index contributed by atoms with van der Waals surface area (Å²) in [5.74, 6) is -2.14.